The molecule has 0 bridgehead atoms. The molecule has 0 aromatic heterocycles. The fourth-order valence-electron chi connectivity index (χ4n) is 1.62. The van der Waals surface area contributed by atoms with Gasteiger partial charge in [-0.15, -0.1) is 0 Å². The topological polar surface area (TPSA) is 66.4 Å². The van der Waals surface area contributed by atoms with Crippen molar-refractivity contribution < 1.29 is 13.5 Å². The standard InChI is InChI=1S/C9H19NO3S/c1-9(2,11)7-10-5-8-3-4-14(12,13)6-8/h8,10-11H,3-7H2,1-2H3. The van der Waals surface area contributed by atoms with Gasteiger partial charge < -0.3 is 10.4 Å². The van der Waals surface area contributed by atoms with Crippen molar-refractivity contribution in [3.05, 3.63) is 0 Å². The van der Waals surface area contributed by atoms with Crippen molar-refractivity contribution in [1.29, 1.82) is 0 Å². The SMILES string of the molecule is CC(C)(O)CNCC1CCS(=O)(=O)C1. The van der Waals surface area contributed by atoms with Crippen LogP contribution in [0.3, 0.4) is 0 Å². The van der Waals surface area contributed by atoms with Crippen molar-refractivity contribution in [1.82, 2.24) is 5.32 Å². The van der Waals surface area contributed by atoms with Crippen LogP contribution in [0, 0.1) is 5.92 Å². The monoisotopic (exact) mass is 221 g/mol. The van der Waals surface area contributed by atoms with Gasteiger partial charge in [-0.25, -0.2) is 8.42 Å². The van der Waals surface area contributed by atoms with Crippen LogP contribution in [0.4, 0.5) is 0 Å². The van der Waals surface area contributed by atoms with Crippen LogP contribution in [-0.4, -0.2) is 43.7 Å². The van der Waals surface area contributed by atoms with Crippen LogP contribution in [0.1, 0.15) is 20.3 Å². The maximum atomic E-state index is 11.1. The fourth-order valence-corrected chi connectivity index (χ4v) is 3.48. The van der Waals surface area contributed by atoms with Crippen LogP contribution in [0.15, 0.2) is 0 Å². The molecule has 2 N–H and O–H groups in total. The highest BCUT2D eigenvalue weighted by molar-refractivity contribution is 7.91. The molecular formula is C9H19NO3S. The van der Waals surface area contributed by atoms with E-state index in [2.05, 4.69) is 5.32 Å². The molecule has 1 heterocycles. The largest absolute Gasteiger partial charge is 0.389 e. The molecule has 14 heavy (non-hydrogen) atoms. The molecule has 0 aromatic carbocycles. The molecule has 1 aliphatic heterocycles. The first-order valence-corrected chi connectivity index (χ1v) is 6.74. The quantitative estimate of drug-likeness (QED) is 0.689. The first-order valence-electron chi connectivity index (χ1n) is 4.92. The number of hydrogen-bond acceptors (Lipinski definition) is 4. The summed E-state index contributed by atoms with van der Waals surface area (Å²) in [6.07, 6.45) is 0.751. The van der Waals surface area contributed by atoms with Gasteiger partial charge in [0.2, 0.25) is 0 Å². The first kappa shape index (κ1) is 11.9. The van der Waals surface area contributed by atoms with E-state index < -0.39 is 15.4 Å². The molecule has 1 fully saturated rings. The highest BCUT2D eigenvalue weighted by Crippen LogP contribution is 2.17. The second kappa shape index (κ2) is 4.16. The van der Waals surface area contributed by atoms with Gasteiger partial charge in [0.1, 0.15) is 0 Å². The first-order chi connectivity index (χ1) is 6.29. The minimum Gasteiger partial charge on any atom is -0.389 e. The minimum absolute atomic E-state index is 0.224. The number of sulfone groups is 1. The van der Waals surface area contributed by atoms with Crippen LogP contribution in [0.2, 0.25) is 0 Å². The van der Waals surface area contributed by atoms with Gasteiger partial charge in [-0.2, -0.15) is 0 Å². The van der Waals surface area contributed by atoms with E-state index in [1.807, 2.05) is 0 Å². The number of nitrogens with one attached hydrogen (secondary N) is 1. The molecule has 0 aliphatic carbocycles. The zero-order chi connectivity index (χ0) is 10.8. The van der Waals surface area contributed by atoms with E-state index in [4.69, 9.17) is 0 Å². The Hall–Kier alpha value is -0.130. The van der Waals surface area contributed by atoms with Crippen LogP contribution in [-0.2, 0) is 9.84 Å². The molecule has 5 heteroatoms. The molecule has 84 valence electrons. The summed E-state index contributed by atoms with van der Waals surface area (Å²) in [7, 11) is -2.76. The van der Waals surface area contributed by atoms with E-state index in [9.17, 15) is 13.5 Å². The third-order valence-electron chi connectivity index (χ3n) is 2.32. The summed E-state index contributed by atoms with van der Waals surface area (Å²) < 4.78 is 22.2. The Morgan fingerprint density at radius 2 is 2.14 bits per heavy atom. The van der Waals surface area contributed by atoms with Crippen molar-refractivity contribution in [2.75, 3.05) is 24.6 Å². The lowest BCUT2D eigenvalue weighted by Gasteiger charge is -2.19. The summed E-state index contributed by atoms with van der Waals surface area (Å²) >= 11 is 0. The molecule has 1 atom stereocenters. The van der Waals surface area contributed by atoms with E-state index in [1.165, 1.54) is 0 Å². The maximum absolute atomic E-state index is 11.1. The van der Waals surface area contributed by atoms with E-state index in [0.29, 0.717) is 24.6 Å². The molecule has 0 amide bonds. The zero-order valence-corrected chi connectivity index (χ0v) is 9.60. The van der Waals surface area contributed by atoms with Gasteiger partial charge in [-0.05, 0) is 32.7 Å². The summed E-state index contributed by atoms with van der Waals surface area (Å²) in [6.45, 7) is 4.64. The summed E-state index contributed by atoms with van der Waals surface area (Å²) in [5, 5.41) is 12.5. The molecule has 0 spiro atoms. The normalized spacial score (nSPS) is 26.6. The third kappa shape index (κ3) is 4.39. The van der Waals surface area contributed by atoms with Crippen LogP contribution >= 0.6 is 0 Å². The second-order valence-electron chi connectivity index (χ2n) is 4.71. The third-order valence-corrected chi connectivity index (χ3v) is 4.15. The smallest absolute Gasteiger partial charge is 0.150 e. The Morgan fingerprint density at radius 1 is 1.50 bits per heavy atom. The van der Waals surface area contributed by atoms with Gasteiger partial charge >= 0.3 is 0 Å². The molecule has 1 rings (SSSR count). The summed E-state index contributed by atoms with van der Waals surface area (Å²) in [5.41, 5.74) is -0.725. The van der Waals surface area contributed by atoms with Gasteiger partial charge in [0.05, 0.1) is 17.1 Å². The molecule has 1 unspecified atom stereocenters. The van der Waals surface area contributed by atoms with Gasteiger partial charge in [0, 0.05) is 6.54 Å². The average molecular weight is 221 g/mol. The molecule has 1 aliphatic rings. The van der Waals surface area contributed by atoms with E-state index in [1.54, 1.807) is 13.8 Å². The van der Waals surface area contributed by atoms with Gasteiger partial charge in [0.25, 0.3) is 0 Å². The van der Waals surface area contributed by atoms with E-state index in [0.717, 1.165) is 6.42 Å². The molecular weight excluding hydrogens is 202 g/mol. The molecule has 0 aromatic rings. The Morgan fingerprint density at radius 3 is 2.57 bits per heavy atom. The van der Waals surface area contributed by atoms with Crippen LogP contribution in [0.25, 0.3) is 0 Å². The predicted octanol–water partition coefficient (Wildman–Crippen LogP) is -0.218. The van der Waals surface area contributed by atoms with Crippen molar-refractivity contribution >= 4 is 9.84 Å². The molecule has 4 nitrogen and oxygen atoms in total. The minimum atomic E-state index is -2.76. The van der Waals surface area contributed by atoms with Crippen molar-refractivity contribution in [3.8, 4) is 0 Å². The van der Waals surface area contributed by atoms with Gasteiger partial charge in [0.15, 0.2) is 9.84 Å². The molecule has 1 saturated heterocycles. The highest BCUT2D eigenvalue weighted by atomic mass is 32.2. The zero-order valence-electron chi connectivity index (χ0n) is 8.78. The van der Waals surface area contributed by atoms with E-state index >= 15 is 0 Å². The Labute approximate surface area is 85.6 Å². The Kier molecular flexibility index (Phi) is 3.55. The Balaban J connectivity index is 2.22. The maximum Gasteiger partial charge on any atom is 0.150 e. The summed E-state index contributed by atoms with van der Waals surface area (Å²) in [6, 6.07) is 0. The highest BCUT2D eigenvalue weighted by Gasteiger charge is 2.27. The van der Waals surface area contributed by atoms with E-state index in [-0.39, 0.29) is 5.92 Å². The van der Waals surface area contributed by atoms with Crippen LogP contribution in [0.5, 0.6) is 0 Å². The van der Waals surface area contributed by atoms with Crippen LogP contribution < -0.4 is 5.32 Å². The lowest BCUT2D eigenvalue weighted by Crippen LogP contribution is -2.37. The van der Waals surface area contributed by atoms with Crippen molar-refractivity contribution in [2.24, 2.45) is 5.92 Å². The fraction of sp³-hybridized carbons (Fsp3) is 1.00. The Bertz CT molecular complexity index is 279. The molecule has 0 saturated carbocycles. The van der Waals surface area contributed by atoms with Gasteiger partial charge in [-0.3, -0.25) is 0 Å². The second-order valence-corrected chi connectivity index (χ2v) is 6.94. The predicted molar refractivity (Wildman–Crippen MR) is 55.9 cm³/mol. The lowest BCUT2D eigenvalue weighted by atomic mass is 10.1. The van der Waals surface area contributed by atoms with Crippen molar-refractivity contribution in [2.45, 2.75) is 25.9 Å². The number of hydrogen-bond donors (Lipinski definition) is 2. The average Bonchev–Trinajstić information content (AvgIpc) is 2.27. The van der Waals surface area contributed by atoms with Gasteiger partial charge in [-0.1, -0.05) is 0 Å². The number of aliphatic hydroxyl groups is 1. The molecule has 0 radical (unpaired) electrons. The lowest BCUT2D eigenvalue weighted by molar-refractivity contribution is 0.0790. The summed E-state index contributed by atoms with van der Waals surface area (Å²) in [4.78, 5) is 0. The van der Waals surface area contributed by atoms with Crippen molar-refractivity contribution in [3.63, 3.8) is 0 Å². The number of rotatable bonds is 4. The summed E-state index contributed by atoms with van der Waals surface area (Å²) in [5.74, 6) is 0.843.